The highest BCUT2D eigenvalue weighted by atomic mass is 79.9. The number of aromatic nitrogens is 1. The summed E-state index contributed by atoms with van der Waals surface area (Å²) in [6.07, 6.45) is 0.584. The fraction of sp³-hybridized carbons (Fsp3) is 0.167. The Labute approximate surface area is 249 Å². The number of benzene rings is 3. The Morgan fingerprint density at radius 3 is 2.52 bits per heavy atom. The van der Waals surface area contributed by atoms with Gasteiger partial charge in [0.25, 0.3) is 5.91 Å². The minimum absolute atomic E-state index is 0.168. The van der Waals surface area contributed by atoms with Crippen molar-refractivity contribution in [2.45, 2.75) is 25.8 Å². The summed E-state index contributed by atoms with van der Waals surface area (Å²) in [5, 5.41) is 12.8. The second kappa shape index (κ2) is 13.3. The summed E-state index contributed by atoms with van der Waals surface area (Å²) in [7, 11) is 0. The Morgan fingerprint density at radius 2 is 1.83 bits per heavy atom. The predicted molar refractivity (Wildman–Crippen MR) is 162 cm³/mol. The van der Waals surface area contributed by atoms with E-state index in [1.165, 1.54) is 12.1 Å². The van der Waals surface area contributed by atoms with Gasteiger partial charge in [0.15, 0.2) is 5.96 Å². The van der Waals surface area contributed by atoms with Gasteiger partial charge in [-0.25, -0.2) is 19.0 Å². The van der Waals surface area contributed by atoms with E-state index < -0.39 is 29.7 Å². The summed E-state index contributed by atoms with van der Waals surface area (Å²) in [5.41, 5.74) is 13.5. The van der Waals surface area contributed by atoms with E-state index in [1.807, 2.05) is 36.4 Å². The lowest BCUT2D eigenvalue weighted by Gasteiger charge is -2.16. The van der Waals surface area contributed by atoms with Crippen LogP contribution in [-0.2, 0) is 9.53 Å². The lowest BCUT2D eigenvalue weighted by atomic mass is 9.97. The Kier molecular flexibility index (Phi) is 9.60. The summed E-state index contributed by atoms with van der Waals surface area (Å²) < 4.78 is 20.6. The van der Waals surface area contributed by atoms with Crippen molar-refractivity contribution in [3.05, 3.63) is 93.7 Å². The van der Waals surface area contributed by atoms with Crippen molar-refractivity contribution in [3.8, 4) is 11.3 Å². The Bertz CT molecular complexity index is 1680. The lowest BCUT2D eigenvalue weighted by Crippen LogP contribution is -2.36. The van der Waals surface area contributed by atoms with Crippen LogP contribution in [0.25, 0.3) is 22.2 Å². The maximum atomic E-state index is 15.1. The number of hydrogen-bond donors (Lipinski definition) is 5. The van der Waals surface area contributed by atoms with E-state index in [4.69, 9.17) is 26.6 Å². The van der Waals surface area contributed by atoms with Crippen molar-refractivity contribution in [1.82, 2.24) is 10.3 Å². The fourth-order valence-corrected chi connectivity index (χ4v) is 4.68. The average Bonchev–Trinajstić information content (AvgIpc) is 2.96. The fourth-order valence-electron chi connectivity index (χ4n) is 4.32. The zero-order valence-corrected chi connectivity index (χ0v) is 24.1. The topological polar surface area (TPSA) is 173 Å². The van der Waals surface area contributed by atoms with Crippen molar-refractivity contribution >= 4 is 56.3 Å². The number of pyridine rings is 1. The molecular weight excluding hydrogens is 607 g/mol. The van der Waals surface area contributed by atoms with E-state index in [2.05, 4.69) is 26.6 Å². The number of ether oxygens (including phenoxy) is 1. The molecule has 0 aliphatic rings. The van der Waals surface area contributed by atoms with Crippen molar-refractivity contribution in [1.29, 1.82) is 5.41 Å². The van der Waals surface area contributed by atoms with Crippen LogP contribution in [-0.4, -0.2) is 41.4 Å². The van der Waals surface area contributed by atoms with Crippen LogP contribution < -0.4 is 22.1 Å². The largest absolute Gasteiger partial charge is 0.388 e. The highest BCUT2D eigenvalue weighted by Crippen LogP contribution is 2.32. The van der Waals surface area contributed by atoms with Crippen molar-refractivity contribution in [2.75, 3.05) is 11.9 Å². The minimum Gasteiger partial charge on any atom is -0.388 e. The van der Waals surface area contributed by atoms with Gasteiger partial charge in [-0.3, -0.25) is 10.2 Å². The molecule has 0 fully saturated rings. The van der Waals surface area contributed by atoms with Crippen molar-refractivity contribution in [3.63, 3.8) is 0 Å². The van der Waals surface area contributed by atoms with Gasteiger partial charge in [-0.05, 0) is 61.7 Å². The number of guanidine groups is 1. The number of nitrogens with two attached hydrogens (primary N) is 2. The first-order chi connectivity index (χ1) is 20.0. The van der Waals surface area contributed by atoms with Crippen molar-refractivity contribution in [2.24, 2.45) is 11.5 Å². The van der Waals surface area contributed by atoms with Crippen LogP contribution in [0.15, 0.2) is 71.2 Å². The molecular formula is C30H28BrFN6O4. The van der Waals surface area contributed by atoms with Gasteiger partial charge in [-0.2, -0.15) is 0 Å². The molecule has 0 aliphatic heterocycles. The normalized spacial score (nSPS) is 11.5. The van der Waals surface area contributed by atoms with E-state index in [1.54, 1.807) is 19.1 Å². The number of rotatable bonds is 9. The summed E-state index contributed by atoms with van der Waals surface area (Å²) >= 11 is 3.44. The maximum Gasteiger partial charge on any atom is 0.345 e. The number of esters is 2. The molecule has 4 rings (SSSR count). The van der Waals surface area contributed by atoms with Gasteiger partial charge in [0.1, 0.15) is 11.9 Å². The average molecular weight is 635 g/mol. The molecule has 10 nitrogen and oxygen atoms in total. The molecule has 0 radical (unpaired) electrons. The van der Waals surface area contributed by atoms with Gasteiger partial charge in [0, 0.05) is 22.0 Å². The lowest BCUT2D eigenvalue weighted by molar-refractivity contribution is -0.139. The summed E-state index contributed by atoms with van der Waals surface area (Å²) in [6.45, 7) is 2.10. The number of fused-ring (bicyclic) bond motifs is 1. The number of hydrogen-bond acceptors (Lipinski definition) is 7. The molecule has 1 heterocycles. The Hall–Kier alpha value is -4.68. The third kappa shape index (κ3) is 7.14. The van der Waals surface area contributed by atoms with Crippen LogP contribution >= 0.6 is 15.9 Å². The monoisotopic (exact) mass is 634 g/mol. The molecule has 7 N–H and O–H groups in total. The molecule has 1 amide bonds. The third-order valence-electron chi connectivity index (χ3n) is 6.42. The van der Waals surface area contributed by atoms with Crippen molar-refractivity contribution < 1.29 is 23.5 Å². The molecule has 0 aliphatic carbocycles. The first kappa shape index (κ1) is 30.3. The first-order valence-electron chi connectivity index (χ1n) is 12.9. The quantitative estimate of drug-likeness (QED) is 0.0582. The number of nitrogens with zero attached hydrogens (tertiary/aromatic N) is 1. The molecule has 4 aromatic rings. The highest BCUT2D eigenvalue weighted by Gasteiger charge is 2.23. The second-order valence-corrected chi connectivity index (χ2v) is 10.4. The van der Waals surface area contributed by atoms with E-state index in [0.717, 1.165) is 16.1 Å². The van der Waals surface area contributed by atoms with Gasteiger partial charge in [0.2, 0.25) is 0 Å². The predicted octanol–water partition coefficient (Wildman–Crippen LogP) is 4.64. The zero-order valence-electron chi connectivity index (χ0n) is 22.5. The van der Waals surface area contributed by atoms with Gasteiger partial charge < -0.3 is 26.8 Å². The number of carbonyl (C=O) groups is 3. The van der Waals surface area contributed by atoms with Gasteiger partial charge in [-0.1, -0.05) is 46.3 Å². The third-order valence-corrected chi connectivity index (χ3v) is 6.91. The molecule has 0 spiro atoms. The van der Waals surface area contributed by atoms with Crippen LogP contribution in [0.1, 0.15) is 39.1 Å². The van der Waals surface area contributed by atoms with E-state index >= 15 is 4.39 Å². The molecule has 42 heavy (non-hydrogen) atoms. The van der Waals surface area contributed by atoms with Crippen LogP contribution in [0.2, 0.25) is 0 Å². The van der Waals surface area contributed by atoms with Gasteiger partial charge in [0.05, 0.1) is 28.0 Å². The maximum absolute atomic E-state index is 15.1. The number of amides is 1. The molecule has 12 heteroatoms. The standard InChI is InChI=1S/C30H28BrFN6O4/c1-16-25(20-15-19(31)10-12-23(20)37-26(16)17-6-3-2-4-7-17)27(39)38-24-11-9-18(14-21(24)32)28(40)42-29(41)22(33)8-5-13-36-30(34)35/h2-4,6-7,9-12,14-15,22H,5,8,13,33H2,1H3,(H,38,39)(H4,34,35,36)/t22-/m0/s1. The van der Waals surface area contributed by atoms with Gasteiger partial charge in [-0.15, -0.1) is 0 Å². The van der Waals surface area contributed by atoms with Crippen LogP contribution in [0.5, 0.6) is 0 Å². The van der Waals surface area contributed by atoms with Crippen LogP contribution in [0.3, 0.4) is 0 Å². The number of carbonyl (C=O) groups excluding carboxylic acids is 3. The highest BCUT2D eigenvalue weighted by molar-refractivity contribution is 9.10. The minimum atomic E-state index is -1.09. The van der Waals surface area contributed by atoms with Crippen LogP contribution in [0.4, 0.5) is 10.1 Å². The smallest absolute Gasteiger partial charge is 0.345 e. The van der Waals surface area contributed by atoms with Gasteiger partial charge >= 0.3 is 11.9 Å². The molecule has 1 aromatic heterocycles. The second-order valence-electron chi connectivity index (χ2n) is 9.43. The Balaban J connectivity index is 1.53. The van der Waals surface area contributed by atoms with E-state index in [-0.39, 0.29) is 23.6 Å². The number of nitrogens with one attached hydrogen (secondary N) is 3. The molecule has 3 aromatic carbocycles. The molecule has 0 saturated carbocycles. The number of halogens is 2. The summed E-state index contributed by atoms with van der Waals surface area (Å²) in [6, 6.07) is 17.0. The first-order valence-corrected chi connectivity index (χ1v) is 13.7. The summed E-state index contributed by atoms with van der Waals surface area (Å²) in [4.78, 5) is 43.0. The Morgan fingerprint density at radius 1 is 1.10 bits per heavy atom. The molecule has 1 atom stereocenters. The van der Waals surface area contributed by atoms with Crippen LogP contribution in [0, 0.1) is 18.2 Å². The zero-order chi connectivity index (χ0) is 30.4. The van der Waals surface area contributed by atoms with E-state index in [0.29, 0.717) is 40.7 Å². The van der Waals surface area contributed by atoms with E-state index in [9.17, 15) is 14.4 Å². The molecule has 0 saturated heterocycles. The summed E-state index contributed by atoms with van der Waals surface area (Å²) in [5.74, 6) is -3.73. The molecule has 216 valence electrons. The SMILES string of the molecule is Cc1c(-c2ccccc2)nc2ccc(Br)cc2c1C(=O)Nc1ccc(C(=O)OC(=O)[C@@H](N)CCCNC(=N)N)cc1F. The molecule has 0 unspecified atom stereocenters. The molecule has 0 bridgehead atoms. The number of anilines is 1.